The van der Waals surface area contributed by atoms with Crippen LogP contribution in [0.25, 0.3) is 0 Å². The summed E-state index contributed by atoms with van der Waals surface area (Å²) in [6.07, 6.45) is 0.918. The van der Waals surface area contributed by atoms with Crippen LogP contribution >= 0.6 is 0 Å². The maximum absolute atomic E-state index is 13.3. The van der Waals surface area contributed by atoms with Gasteiger partial charge in [-0.15, -0.1) is 0 Å². The van der Waals surface area contributed by atoms with E-state index in [4.69, 9.17) is 4.74 Å². The number of benzene rings is 3. The number of nitrogens with one attached hydrogen (secondary N) is 1. The van der Waals surface area contributed by atoms with Crippen LogP contribution in [0.4, 0.5) is 5.69 Å². The molecule has 4 rings (SSSR count). The zero-order chi connectivity index (χ0) is 25.9. The van der Waals surface area contributed by atoms with E-state index in [1.54, 1.807) is 24.3 Å². The quantitative estimate of drug-likeness (QED) is 0.478. The third-order valence-electron chi connectivity index (χ3n) is 5.82. The molecule has 36 heavy (non-hydrogen) atoms. The number of rotatable bonds is 8. The van der Waals surface area contributed by atoms with Gasteiger partial charge in [-0.05, 0) is 73.5 Å². The van der Waals surface area contributed by atoms with E-state index in [9.17, 15) is 21.6 Å². The Morgan fingerprint density at radius 3 is 2.06 bits per heavy atom. The normalized spacial score (nSPS) is 16.7. The fourth-order valence-electron chi connectivity index (χ4n) is 3.88. The number of hydrogen-bond acceptors (Lipinski definition) is 6. The lowest BCUT2D eigenvalue weighted by Crippen LogP contribution is -2.43. The molecule has 0 aromatic heterocycles. The Balaban J connectivity index is 1.46. The fraction of sp³-hybridized carbons (Fsp3) is 0.240. The van der Waals surface area contributed by atoms with Gasteiger partial charge in [0.25, 0.3) is 0 Å². The predicted molar refractivity (Wildman–Crippen MR) is 136 cm³/mol. The van der Waals surface area contributed by atoms with Crippen molar-refractivity contribution >= 4 is 31.6 Å². The second-order valence-corrected chi connectivity index (χ2v) is 12.5. The summed E-state index contributed by atoms with van der Waals surface area (Å²) in [5, 5.41) is 2.78. The lowest BCUT2D eigenvalue weighted by atomic mass is 10.2. The lowest BCUT2D eigenvalue weighted by Gasteiger charge is -2.23. The predicted octanol–water partition coefficient (Wildman–Crippen LogP) is 3.52. The average Bonchev–Trinajstić information content (AvgIpc) is 3.37. The van der Waals surface area contributed by atoms with Crippen LogP contribution in [-0.2, 0) is 24.8 Å². The summed E-state index contributed by atoms with van der Waals surface area (Å²) >= 11 is 0. The van der Waals surface area contributed by atoms with E-state index >= 15 is 0 Å². The molecule has 0 saturated carbocycles. The van der Waals surface area contributed by atoms with Gasteiger partial charge >= 0.3 is 0 Å². The number of para-hydroxylation sites is 1. The van der Waals surface area contributed by atoms with Gasteiger partial charge in [0, 0.05) is 26.3 Å². The van der Waals surface area contributed by atoms with Gasteiger partial charge in [0.05, 0.1) is 9.79 Å². The Morgan fingerprint density at radius 2 is 1.44 bits per heavy atom. The molecule has 11 heteroatoms. The molecule has 0 aliphatic carbocycles. The number of amides is 1. The third-order valence-corrected chi connectivity index (χ3v) is 9.57. The van der Waals surface area contributed by atoms with Crippen molar-refractivity contribution in [1.29, 1.82) is 0 Å². The van der Waals surface area contributed by atoms with Crippen molar-refractivity contribution < 1.29 is 26.4 Å². The van der Waals surface area contributed by atoms with Gasteiger partial charge in [-0.1, -0.05) is 18.2 Å². The number of sulfonamides is 2. The minimum atomic E-state index is -4.00. The van der Waals surface area contributed by atoms with Crippen LogP contribution in [0.5, 0.6) is 11.5 Å². The highest BCUT2D eigenvalue weighted by molar-refractivity contribution is 7.89. The van der Waals surface area contributed by atoms with Gasteiger partial charge in [0.2, 0.25) is 26.0 Å². The van der Waals surface area contributed by atoms with Crippen molar-refractivity contribution in [2.75, 3.05) is 26.0 Å². The van der Waals surface area contributed by atoms with E-state index < -0.39 is 32.0 Å². The molecular weight excluding hydrogens is 502 g/mol. The third kappa shape index (κ3) is 5.44. The Kier molecular flexibility index (Phi) is 7.46. The van der Waals surface area contributed by atoms with Gasteiger partial charge in [-0.25, -0.2) is 21.1 Å². The maximum Gasteiger partial charge on any atom is 0.243 e. The van der Waals surface area contributed by atoms with Crippen molar-refractivity contribution in [2.24, 2.45) is 0 Å². The van der Waals surface area contributed by atoms with Crippen LogP contribution in [0.15, 0.2) is 88.7 Å². The first-order valence-corrected chi connectivity index (χ1v) is 14.2. The molecule has 1 unspecified atom stereocenters. The summed E-state index contributed by atoms with van der Waals surface area (Å²) in [5.41, 5.74) is 0.517. The zero-order valence-corrected chi connectivity index (χ0v) is 21.5. The highest BCUT2D eigenvalue weighted by Crippen LogP contribution is 2.29. The Bertz CT molecular complexity index is 1420. The van der Waals surface area contributed by atoms with E-state index in [2.05, 4.69) is 5.32 Å². The van der Waals surface area contributed by atoms with E-state index in [-0.39, 0.29) is 16.3 Å². The van der Waals surface area contributed by atoms with Crippen LogP contribution in [-0.4, -0.2) is 58.0 Å². The molecule has 0 radical (unpaired) electrons. The molecular formula is C25H27N3O6S2. The molecule has 1 N–H and O–H groups in total. The number of carbonyl (C=O) groups excluding carboxylic acids is 1. The minimum absolute atomic E-state index is 0.0122. The number of hydrogen-bond donors (Lipinski definition) is 1. The number of carbonyl (C=O) groups is 1. The Labute approximate surface area is 211 Å². The molecule has 9 nitrogen and oxygen atoms in total. The number of anilines is 1. The number of nitrogens with zero attached hydrogens (tertiary/aromatic N) is 2. The monoisotopic (exact) mass is 529 g/mol. The Morgan fingerprint density at radius 1 is 0.861 bits per heavy atom. The molecule has 1 saturated heterocycles. The van der Waals surface area contributed by atoms with Crippen LogP contribution in [0.3, 0.4) is 0 Å². The highest BCUT2D eigenvalue weighted by atomic mass is 32.2. The van der Waals surface area contributed by atoms with Gasteiger partial charge in [0.1, 0.15) is 17.5 Å². The SMILES string of the molecule is CN(C)S(=O)(=O)c1ccc(S(=O)(=O)N2CCCC2C(=O)Nc2ccc(Oc3ccccc3)cc2)cc1. The standard InChI is InChI=1S/C25H27N3O6S2/c1-27(2)35(30,31)22-14-16-23(17-15-22)36(32,33)28-18-6-9-24(28)25(29)26-19-10-12-21(13-11-19)34-20-7-4-3-5-8-20/h3-5,7-8,10-17,24H,6,9,18H2,1-2H3,(H,26,29). The van der Waals surface area contributed by atoms with Crippen molar-refractivity contribution in [1.82, 2.24) is 8.61 Å². The summed E-state index contributed by atoms with van der Waals surface area (Å²) in [5.74, 6) is 0.858. The minimum Gasteiger partial charge on any atom is -0.457 e. The molecule has 3 aromatic rings. The van der Waals surface area contributed by atoms with Crippen LogP contribution < -0.4 is 10.1 Å². The van der Waals surface area contributed by atoms with E-state index in [1.165, 1.54) is 42.7 Å². The van der Waals surface area contributed by atoms with Crippen LogP contribution in [0.1, 0.15) is 12.8 Å². The maximum atomic E-state index is 13.3. The number of ether oxygens (including phenoxy) is 1. The van der Waals surface area contributed by atoms with Crippen molar-refractivity contribution in [2.45, 2.75) is 28.7 Å². The van der Waals surface area contributed by atoms with E-state index in [1.807, 2.05) is 30.3 Å². The summed E-state index contributed by atoms with van der Waals surface area (Å²) < 4.78 is 59.1. The smallest absolute Gasteiger partial charge is 0.243 e. The second kappa shape index (κ2) is 10.4. The molecule has 190 valence electrons. The van der Waals surface area contributed by atoms with Gasteiger partial charge < -0.3 is 10.1 Å². The van der Waals surface area contributed by atoms with E-state index in [0.29, 0.717) is 30.0 Å². The topological polar surface area (TPSA) is 113 Å². The van der Waals surface area contributed by atoms with Crippen LogP contribution in [0, 0.1) is 0 Å². The fourth-order valence-corrected chi connectivity index (χ4v) is 6.43. The van der Waals surface area contributed by atoms with Crippen LogP contribution in [0.2, 0.25) is 0 Å². The first-order chi connectivity index (χ1) is 17.1. The van der Waals surface area contributed by atoms with Gasteiger partial charge in [-0.3, -0.25) is 4.79 Å². The molecule has 1 amide bonds. The van der Waals surface area contributed by atoms with Crippen molar-refractivity contribution in [3.8, 4) is 11.5 Å². The molecule has 0 bridgehead atoms. The summed E-state index contributed by atoms with van der Waals surface area (Å²) in [4.78, 5) is 12.9. The molecule has 1 heterocycles. The zero-order valence-electron chi connectivity index (χ0n) is 19.9. The molecule has 1 fully saturated rings. The summed E-state index contributed by atoms with van der Waals surface area (Å²) in [6, 6.07) is 20.2. The summed E-state index contributed by atoms with van der Waals surface area (Å²) in [7, 11) is -4.89. The van der Waals surface area contributed by atoms with Gasteiger partial charge in [-0.2, -0.15) is 4.31 Å². The van der Waals surface area contributed by atoms with E-state index in [0.717, 1.165) is 4.31 Å². The summed E-state index contributed by atoms with van der Waals surface area (Å²) in [6.45, 7) is 0.196. The second-order valence-electron chi connectivity index (χ2n) is 8.46. The van der Waals surface area contributed by atoms with Crippen molar-refractivity contribution in [3.63, 3.8) is 0 Å². The molecule has 1 aliphatic heterocycles. The largest absolute Gasteiger partial charge is 0.457 e. The molecule has 1 aliphatic rings. The first kappa shape index (κ1) is 25.8. The van der Waals surface area contributed by atoms with Crippen molar-refractivity contribution in [3.05, 3.63) is 78.9 Å². The lowest BCUT2D eigenvalue weighted by molar-refractivity contribution is -0.119. The van der Waals surface area contributed by atoms with Gasteiger partial charge in [0.15, 0.2) is 0 Å². The molecule has 0 spiro atoms. The first-order valence-electron chi connectivity index (χ1n) is 11.3. The molecule has 1 atom stereocenters. The Hall–Kier alpha value is -3.25. The highest BCUT2D eigenvalue weighted by Gasteiger charge is 2.39. The average molecular weight is 530 g/mol. The molecule has 3 aromatic carbocycles.